The quantitative estimate of drug-likeness (QED) is 0.789. The molecule has 16 heavy (non-hydrogen) atoms. The van der Waals surface area contributed by atoms with Crippen LogP contribution in [0.4, 0.5) is 0 Å². The number of hydrogen-bond donors (Lipinski definition) is 1. The lowest BCUT2D eigenvalue weighted by atomic mass is 10.2. The topological polar surface area (TPSA) is 76.1 Å². The number of sulfone groups is 1. The SMILES string of the molecule is O=C(NC1CCS(=O)(=O)C1)c1ccccn1. The zero-order valence-corrected chi connectivity index (χ0v) is 9.40. The van der Waals surface area contributed by atoms with Gasteiger partial charge in [-0.3, -0.25) is 9.78 Å². The van der Waals surface area contributed by atoms with E-state index in [1.54, 1.807) is 18.2 Å². The number of carbonyl (C=O) groups is 1. The number of aromatic nitrogens is 1. The first-order valence-corrected chi connectivity index (χ1v) is 6.81. The van der Waals surface area contributed by atoms with Crippen molar-refractivity contribution in [2.45, 2.75) is 12.5 Å². The van der Waals surface area contributed by atoms with Gasteiger partial charge in [0.2, 0.25) is 0 Å². The number of carbonyl (C=O) groups excluding carboxylic acids is 1. The molecule has 1 aliphatic heterocycles. The van der Waals surface area contributed by atoms with Crippen LogP contribution in [0.1, 0.15) is 16.9 Å². The van der Waals surface area contributed by atoms with Gasteiger partial charge in [-0.05, 0) is 18.6 Å². The first-order chi connectivity index (χ1) is 7.57. The molecule has 1 atom stereocenters. The summed E-state index contributed by atoms with van der Waals surface area (Å²) < 4.78 is 22.4. The number of amides is 1. The van der Waals surface area contributed by atoms with Crippen LogP contribution in [-0.4, -0.2) is 36.9 Å². The molecule has 1 fully saturated rings. The molecule has 1 aliphatic rings. The van der Waals surface area contributed by atoms with Gasteiger partial charge >= 0.3 is 0 Å². The number of hydrogen-bond acceptors (Lipinski definition) is 4. The molecule has 0 aromatic carbocycles. The van der Waals surface area contributed by atoms with Gasteiger partial charge in [-0.15, -0.1) is 0 Å². The van der Waals surface area contributed by atoms with Crippen LogP contribution in [0.3, 0.4) is 0 Å². The average Bonchev–Trinajstić information content (AvgIpc) is 2.59. The van der Waals surface area contributed by atoms with Gasteiger partial charge in [0.15, 0.2) is 9.84 Å². The summed E-state index contributed by atoms with van der Waals surface area (Å²) in [6.45, 7) is 0. The molecule has 1 N–H and O–H groups in total. The van der Waals surface area contributed by atoms with Crippen LogP contribution in [0.25, 0.3) is 0 Å². The maximum absolute atomic E-state index is 11.6. The molecule has 0 saturated carbocycles. The van der Waals surface area contributed by atoms with E-state index >= 15 is 0 Å². The summed E-state index contributed by atoms with van der Waals surface area (Å²) in [7, 11) is -2.96. The molecular formula is C10H12N2O3S. The largest absolute Gasteiger partial charge is 0.347 e. The van der Waals surface area contributed by atoms with Gasteiger partial charge in [0.1, 0.15) is 5.69 Å². The average molecular weight is 240 g/mol. The third kappa shape index (κ3) is 2.57. The van der Waals surface area contributed by atoms with Crippen LogP contribution in [-0.2, 0) is 9.84 Å². The van der Waals surface area contributed by atoms with Crippen molar-refractivity contribution in [3.63, 3.8) is 0 Å². The lowest BCUT2D eigenvalue weighted by Gasteiger charge is -2.09. The third-order valence-corrected chi connectivity index (χ3v) is 4.23. The molecule has 6 heteroatoms. The van der Waals surface area contributed by atoms with Crippen molar-refractivity contribution in [2.24, 2.45) is 0 Å². The standard InChI is InChI=1S/C10H12N2O3S/c13-10(9-3-1-2-5-11-9)12-8-4-6-16(14,15)7-8/h1-3,5,8H,4,6-7H2,(H,12,13). The molecule has 1 aromatic rings. The van der Waals surface area contributed by atoms with E-state index in [0.29, 0.717) is 12.1 Å². The number of pyridine rings is 1. The number of nitrogens with one attached hydrogen (secondary N) is 1. The van der Waals surface area contributed by atoms with Crippen molar-refractivity contribution in [1.82, 2.24) is 10.3 Å². The summed E-state index contributed by atoms with van der Waals surface area (Å²) in [5.41, 5.74) is 0.312. The maximum atomic E-state index is 11.6. The smallest absolute Gasteiger partial charge is 0.270 e. The molecule has 1 amide bonds. The van der Waals surface area contributed by atoms with E-state index in [4.69, 9.17) is 0 Å². The van der Waals surface area contributed by atoms with Crippen molar-refractivity contribution in [2.75, 3.05) is 11.5 Å². The molecule has 0 aliphatic carbocycles. The second-order valence-corrected chi connectivity index (χ2v) is 6.02. The molecule has 0 spiro atoms. The van der Waals surface area contributed by atoms with Gasteiger partial charge in [0, 0.05) is 12.2 Å². The Bertz CT molecular complexity index is 484. The molecule has 1 unspecified atom stereocenters. The molecule has 1 aromatic heterocycles. The summed E-state index contributed by atoms with van der Waals surface area (Å²) in [6, 6.07) is 4.75. The Kier molecular flexibility index (Phi) is 2.91. The first kappa shape index (κ1) is 11.1. The fourth-order valence-electron chi connectivity index (χ4n) is 1.67. The van der Waals surface area contributed by atoms with Crippen LogP contribution >= 0.6 is 0 Å². The van der Waals surface area contributed by atoms with Crippen molar-refractivity contribution in [3.8, 4) is 0 Å². The van der Waals surface area contributed by atoms with E-state index in [-0.39, 0.29) is 23.5 Å². The van der Waals surface area contributed by atoms with E-state index in [1.165, 1.54) is 6.20 Å². The summed E-state index contributed by atoms with van der Waals surface area (Å²) in [4.78, 5) is 15.5. The highest BCUT2D eigenvalue weighted by atomic mass is 32.2. The van der Waals surface area contributed by atoms with Crippen LogP contribution < -0.4 is 5.32 Å². The summed E-state index contributed by atoms with van der Waals surface area (Å²) in [5.74, 6) is -0.131. The monoisotopic (exact) mass is 240 g/mol. The minimum Gasteiger partial charge on any atom is -0.347 e. The summed E-state index contributed by atoms with van der Waals surface area (Å²) in [6.07, 6.45) is 2.02. The van der Waals surface area contributed by atoms with Crippen LogP contribution in [0.2, 0.25) is 0 Å². The predicted octanol–water partition coefficient (Wildman–Crippen LogP) is -0.00150. The molecule has 0 radical (unpaired) electrons. The lowest BCUT2D eigenvalue weighted by molar-refractivity contribution is 0.0936. The van der Waals surface area contributed by atoms with E-state index in [2.05, 4.69) is 10.3 Å². The zero-order valence-electron chi connectivity index (χ0n) is 8.59. The van der Waals surface area contributed by atoms with Crippen molar-refractivity contribution in [1.29, 1.82) is 0 Å². The van der Waals surface area contributed by atoms with Crippen LogP contribution in [0.15, 0.2) is 24.4 Å². The van der Waals surface area contributed by atoms with Crippen molar-refractivity contribution >= 4 is 15.7 Å². The minimum absolute atomic E-state index is 0.0333. The number of rotatable bonds is 2. The molecule has 2 heterocycles. The van der Waals surface area contributed by atoms with E-state index in [1.807, 2.05) is 0 Å². The second kappa shape index (κ2) is 4.21. The first-order valence-electron chi connectivity index (χ1n) is 4.99. The fraction of sp³-hybridized carbons (Fsp3) is 0.400. The van der Waals surface area contributed by atoms with Crippen molar-refractivity contribution < 1.29 is 13.2 Å². The molecule has 1 saturated heterocycles. The summed E-state index contributed by atoms with van der Waals surface area (Å²) >= 11 is 0. The van der Waals surface area contributed by atoms with Gasteiger partial charge in [-0.2, -0.15) is 0 Å². The molecule has 86 valence electrons. The Hall–Kier alpha value is -1.43. The third-order valence-electron chi connectivity index (χ3n) is 2.47. The van der Waals surface area contributed by atoms with Gasteiger partial charge < -0.3 is 5.32 Å². The van der Waals surface area contributed by atoms with Gasteiger partial charge in [0.05, 0.1) is 11.5 Å². The maximum Gasteiger partial charge on any atom is 0.270 e. The van der Waals surface area contributed by atoms with E-state index in [0.717, 1.165) is 0 Å². The fourth-order valence-corrected chi connectivity index (χ4v) is 3.34. The zero-order chi connectivity index (χ0) is 11.6. The lowest BCUT2D eigenvalue weighted by Crippen LogP contribution is -2.35. The highest BCUT2D eigenvalue weighted by Gasteiger charge is 2.29. The Balaban J connectivity index is 1.99. The van der Waals surface area contributed by atoms with Gasteiger partial charge in [-0.25, -0.2) is 8.42 Å². The molecular weight excluding hydrogens is 228 g/mol. The Labute approximate surface area is 93.8 Å². The van der Waals surface area contributed by atoms with Gasteiger partial charge in [0.25, 0.3) is 5.91 Å². The molecule has 5 nitrogen and oxygen atoms in total. The van der Waals surface area contributed by atoms with E-state index < -0.39 is 9.84 Å². The second-order valence-electron chi connectivity index (χ2n) is 3.79. The Morgan fingerprint density at radius 1 is 1.44 bits per heavy atom. The summed E-state index contributed by atoms with van der Waals surface area (Å²) in [5, 5.41) is 2.67. The Morgan fingerprint density at radius 2 is 2.25 bits per heavy atom. The van der Waals surface area contributed by atoms with Crippen molar-refractivity contribution in [3.05, 3.63) is 30.1 Å². The number of nitrogens with zero attached hydrogens (tertiary/aromatic N) is 1. The highest BCUT2D eigenvalue weighted by Crippen LogP contribution is 2.11. The molecule has 2 rings (SSSR count). The van der Waals surface area contributed by atoms with Crippen LogP contribution in [0.5, 0.6) is 0 Å². The predicted molar refractivity (Wildman–Crippen MR) is 58.8 cm³/mol. The Morgan fingerprint density at radius 3 is 2.81 bits per heavy atom. The minimum atomic E-state index is -2.96. The highest BCUT2D eigenvalue weighted by molar-refractivity contribution is 7.91. The van der Waals surface area contributed by atoms with Gasteiger partial charge in [-0.1, -0.05) is 6.07 Å². The van der Waals surface area contributed by atoms with E-state index in [9.17, 15) is 13.2 Å². The molecule has 0 bridgehead atoms. The van der Waals surface area contributed by atoms with Crippen LogP contribution in [0, 0.1) is 0 Å². The normalized spacial score (nSPS) is 22.9.